The van der Waals surface area contributed by atoms with Crippen LogP contribution in [0.15, 0.2) is 60.9 Å². The van der Waals surface area contributed by atoms with Crippen molar-refractivity contribution in [1.29, 1.82) is 0 Å². The van der Waals surface area contributed by atoms with Gasteiger partial charge >= 0.3 is 0 Å². The molecule has 0 aliphatic carbocycles. The van der Waals surface area contributed by atoms with E-state index < -0.39 is 0 Å². The van der Waals surface area contributed by atoms with Crippen molar-refractivity contribution < 1.29 is 13.9 Å². The molecular formula is C26H28FN5O2. The van der Waals surface area contributed by atoms with Crippen LogP contribution in [-0.4, -0.2) is 55.3 Å². The highest BCUT2D eigenvalue weighted by molar-refractivity contribution is 5.93. The van der Waals surface area contributed by atoms with Crippen molar-refractivity contribution in [2.75, 3.05) is 54.5 Å². The van der Waals surface area contributed by atoms with E-state index in [0.29, 0.717) is 12.5 Å². The number of rotatable bonds is 5. The summed E-state index contributed by atoms with van der Waals surface area (Å²) in [4.78, 5) is 26.3. The number of amides is 1. The highest BCUT2D eigenvalue weighted by Crippen LogP contribution is 2.25. The molecule has 0 saturated carbocycles. The fraction of sp³-hybridized carbons (Fsp3) is 0.346. The molecule has 0 bridgehead atoms. The Balaban J connectivity index is 1.19. The van der Waals surface area contributed by atoms with Gasteiger partial charge in [-0.2, -0.15) is 0 Å². The summed E-state index contributed by atoms with van der Waals surface area (Å²) in [5.74, 6) is 0.175. The molecule has 7 nitrogen and oxygen atoms in total. The quantitative estimate of drug-likeness (QED) is 0.620. The van der Waals surface area contributed by atoms with Gasteiger partial charge in [0, 0.05) is 55.5 Å². The van der Waals surface area contributed by atoms with Crippen molar-refractivity contribution in [3.8, 4) is 11.1 Å². The number of carbonyl (C=O) groups excluding carboxylic acids is 1. The SMILES string of the molecule is O=C(Nc1ccc(N2CCOCC2)cc1)[C@H]1CCCN(c2ncc(-c3cccc(F)c3)cn2)C1. The molecule has 2 aliphatic rings. The van der Waals surface area contributed by atoms with E-state index >= 15 is 0 Å². The average Bonchev–Trinajstić information content (AvgIpc) is 2.90. The smallest absolute Gasteiger partial charge is 0.229 e. The number of hydrogen-bond acceptors (Lipinski definition) is 6. The van der Waals surface area contributed by atoms with Crippen LogP contribution < -0.4 is 15.1 Å². The van der Waals surface area contributed by atoms with Crippen molar-refractivity contribution >= 4 is 23.2 Å². The van der Waals surface area contributed by atoms with Crippen molar-refractivity contribution in [2.24, 2.45) is 5.92 Å². The Morgan fingerprint density at radius 3 is 2.47 bits per heavy atom. The molecule has 176 valence electrons. The summed E-state index contributed by atoms with van der Waals surface area (Å²) in [6.07, 6.45) is 5.13. The Morgan fingerprint density at radius 2 is 1.74 bits per heavy atom. The minimum atomic E-state index is -0.290. The van der Waals surface area contributed by atoms with Gasteiger partial charge in [0.15, 0.2) is 0 Å². The third-order valence-electron chi connectivity index (χ3n) is 6.38. The van der Waals surface area contributed by atoms with Gasteiger partial charge in [0.2, 0.25) is 11.9 Å². The van der Waals surface area contributed by atoms with Crippen LogP contribution in [-0.2, 0) is 9.53 Å². The highest BCUT2D eigenvalue weighted by atomic mass is 19.1. The summed E-state index contributed by atoms with van der Waals surface area (Å²) in [5.41, 5.74) is 3.44. The number of nitrogens with zero attached hydrogens (tertiary/aromatic N) is 4. The zero-order valence-corrected chi connectivity index (χ0v) is 19.0. The molecule has 3 aromatic rings. The summed E-state index contributed by atoms with van der Waals surface area (Å²) >= 11 is 0. The number of nitrogens with one attached hydrogen (secondary N) is 1. The third-order valence-corrected chi connectivity index (χ3v) is 6.38. The van der Waals surface area contributed by atoms with E-state index in [1.807, 2.05) is 35.2 Å². The van der Waals surface area contributed by atoms with Crippen molar-refractivity contribution in [2.45, 2.75) is 12.8 Å². The first-order valence-electron chi connectivity index (χ1n) is 11.7. The summed E-state index contributed by atoms with van der Waals surface area (Å²) in [6.45, 7) is 4.62. The van der Waals surface area contributed by atoms with Crippen LogP contribution in [0.1, 0.15) is 12.8 Å². The van der Waals surface area contributed by atoms with Crippen LogP contribution in [0, 0.1) is 11.7 Å². The van der Waals surface area contributed by atoms with E-state index in [1.165, 1.54) is 12.1 Å². The first-order valence-corrected chi connectivity index (χ1v) is 11.7. The molecule has 1 atom stereocenters. The van der Waals surface area contributed by atoms with Gasteiger partial charge in [-0.05, 0) is 54.8 Å². The summed E-state index contributed by atoms with van der Waals surface area (Å²) < 4.78 is 18.9. The fourth-order valence-electron chi connectivity index (χ4n) is 4.50. The molecule has 0 radical (unpaired) electrons. The maximum atomic E-state index is 13.5. The topological polar surface area (TPSA) is 70.6 Å². The van der Waals surface area contributed by atoms with Gasteiger partial charge < -0.3 is 19.9 Å². The van der Waals surface area contributed by atoms with Crippen molar-refractivity contribution in [3.63, 3.8) is 0 Å². The molecular weight excluding hydrogens is 433 g/mol. The minimum Gasteiger partial charge on any atom is -0.378 e. The van der Waals surface area contributed by atoms with Crippen molar-refractivity contribution in [1.82, 2.24) is 9.97 Å². The zero-order valence-electron chi connectivity index (χ0n) is 19.0. The lowest BCUT2D eigenvalue weighted by Gasteiger charge is -2.32. The number of aromatic nitrogens is 2. The lowest BCUT2D eigenvalue weighted by Crippen LogP contribution is -2.41. The number of anilines is 3. The highest BCUT2D eigenvalue weighted by Gasteiger charge is 2.27. The zero-order chi connectivity index (χ0) is 23.3. The van der Waals surface area contributed by atoms with Crippen LogP contribution in [0.2, 0.25) is 0 Å². The minimum absolute atomic E-state index is 0.0141. The predicted octanol–water partition coefficient (Wildman–Crippen LogP) is 3.97. The van der Waals surface area contributed by atoms with Gasteiger partial charge in [-0.25, -0.2) is 14.4 Å². The Morgan fingerprint density at radius 1 is 0.971 bits per heavy atom. The summed E-state index contributed by atoms with van der Waals surface area (Å²) in [5, 5.41) is 3.06. The van der Waals surface area contributed by atoms with Gasteiger partial charge in [0.1, 0.15) is 5.82 Å². The summed E-state index contributed by atoms with van der Waals surface area (Å²) in [6, 6.07) is 14.4. The largest absolute Gasteiger partial charge is 0.378 e. The van der Waals surface area contributed by atoms with Gasteiger partial charge in [-0.3, -0.25) is 4.79 Å². The Labute approximate surface area is 198 Å². The van der Waals surface area contributed by atoms with Crippen LogP contribution >= 0.6 is 0 Å². The van der Waals surface area contributed by atoms with Crippen LogP contribution in [0.5, 0.6) is 0 Å². The molecule has 34 heavy (non-hydrogen) atoms. The lowest BCUT2D eigenvalue weighted by atomic mass is 9.97. The molecule has 0 unspecified atom stereocenters. The normalized spacial score (nSPS) is 18.6. The van der Waals surface area contributed by atoms with E-state index in [-0.39, 0.29) is 17.6 Å². The van der Waals surface area contributed by atoms with E-state index in [2.05, 4.69) is 20.2 Å². The molecule has 2 aromatic carbocycles. The molecule has 1 amide bonds. The van der Waals surface area contributed by atoms with Crippen molar-refractivity contribution in [3.05, 3.63) is 66.7 Å². The maximum Gasteiger partial charge on any atom is 0.229 e. The van der Waals surface area contributed by atoms with Gasteiger partial charge in [0.25, 0.3) is 0 Å². The number of hydrogen-bond donors (Lipinski definition) is 1. The number of ether oxygens (including phenoxy) is 1. The summed E-state index contributed by atoms with van der Waals surface area (Å²) in [7, 11) is 0. The standard InChI is InChI=1S/C26H28FN5O2/c27-22-5-1-3-19(15-22)21-16-28-26(29-17-21)32-10-2-4-20(18-32)25(33)30-23-6-8-24(9-7-23)31-11-13-34-14-12-31/h1,3,5-9,15-17,20H,2,4,10-14,18H2,(H,30,33)/t20-/m0/s1. The molecule has 0 spiro atoms. The fourth-order valence-corrected chi connectivity index (χ4v) is 4.50. The van der Waals surface area contributed by atoms with E-state index in [0.717, 1.165) is 68.2 Å². The second-order valence-electron chi connectivity index (χ2n) is 8.70. The maximum absolute atomic E-state index is 13.5. The van der Waals surface area contributed by atoms with Gasteiger partial charge in [-0.1, -0.05) is 12.1 Å². The monoisotopic (exact) mass is 461 g/mol. The van der Waals surface area contributed by atoms with Gasteiger partial charge in [-0.15, -0.1) is 0 Å². The molecule has 1 N–H and O–H groups in total. The Bertz CT molecular complexity index is 1120. The number of morpholine rings is 1. The lowest BCUT2D eigenvalue weighted by molar-refractivity contribution is -0.120. The number of carbonyl (C=O) groups is 1. The van der Waals surface area contributed by atoms with Gasteiger partial charge in [0.05, 0.1) is 19.1 Å². The molecule has 2 fully saturated rings. The molecule has 1 aromatic heterocycles. The molecule has 2 saturated heterocycles. The van der Waals surface area contributed by atoms with Crippen LogP contribution in [0.25, 0.3) is 11.1 Å². The third kappa shape index (κ3) is 5.17. The average molecular weight is 462 g/mol. The van der Waals surface area contributed by atoms with Crippen LogP contribution in [0.3, 0.4) is 0 Å². The predicted molar refractivity (Wildman–Crippen MR) is 130 cm³/mol. The number of piperidine rings is 1. The van der Waals surface area contributed by atoms with E-state index in [1.54, 1.807) is 18.5 Å². The first kappa shape index (κ1) is 22.3. The number of halogens is 1. The molecule has 3 heterocycles. The van der Waals surface area contributed by atoms with Crippen LogP contribution in [0.4, 0.5) is 21.7 Å². The molecule has 8 heteroatoms. The Hall–Kier alpha value is -3.52. The molecule has 5 rings (SSSR count). The Kier molecular flexibility index (Phi) is 6.67. The number of benzene rings is 2. The second kappa shape index (κ2) is 10.2. The van der Waals surface area contributed by atoms with E-state index in [9.17, 15) is 9.18 Å². The second-order valence-corrected chi connectivity index (χ2v) is 8.70. The van der Waals surface area contributed by atoms with E-state index in [4.69, 9.17) is 4.74 Å². The molecule has 2 aliphatic heterocycles. The first-order chi connectivity index (χ1) is 16.7.